The van der Waals surface area contributed by atoms with Crippen molar-refractivity contribution in [3.8, 4) is 34.1 Å². The van der Waals surface area contributed by atoms with Crippen LogP contribution in [0.3, 0.4) is 0 Å². The number of carbonyl (C=O) groups excluding carboxylic acids is 2. The molecule has 11 heteroatoms. The number of piperazine rings is 1. The Hall–Kier alpha value is -4.93. The lowest BCUT2D eigenvalue weighted by Crippen LogP contribution is -2.54. The number of fused-ring (bicyclic) bond motifs is 3. The van der Waals surface area contributed by atoms with E-state index in [9.17, 15) is 14.4 Å². The molecule has 0 unspecified atom stereocenters. The van der Waals surface area contributed by atoms with Gasteiger partial charge in [-0.1, -0.05) is 26.3 Å². The van der Waals surface area contributed by atoms with Crippen molar-refractivity contribution in [2.24, 2.45) is 5.92 Å². The molecule has 262 valence electrons. The Morgan fingerprint density at radius 1 is 0.898 bits per heavy atom. The number of anilines is 2. The Morgan fingerprint density at radius 3 is 2.18 bits per heavy atom. The number of methoxy groups -OCH3 is 4. The van der Waals surface area contributed by atoms with Crippen LogP contribution in [-0.2, 0) is 16.0 Å². The topological polar surface area (TPSA) is 119 Å². The van der Waals surface area contributed by atoms with Gasteiger partial charge in [-0.2, -0.15) is 0 Å². The first kappa shape index (κ1) is 35.4. The number of amides is 2. The van der Waals surface area contributed by atoms with Crippen LogP contribution in [0.25, 0.3) is 11.1 Å². The van der Waals surface area contributed by atoms with Crippen LogP contribution in [-0.4, -0.2) is 77.4 Å². The van der Waals surface area contributed by atoms with Crippen molar-refractivity contribution in [3.05, 3.63) is 69.9 Å². The molecule has 11 nitrogen and oxygen atoms in total. The van der Waals surface area contributed by atoms with Crippen molar-refractivity contribution in [2.45, 2.75) is 52.1 Å². The molecule has 2 amide bonds. The van der Waals surface area contributed by atoms with Gasteiger partial charge in [-0.25, -0.2) is 0 Å². The van der Waals surface area contributed by atoms with Gasteiger partial charge in [-0.3, -0.25) is 14.4 Å². The zero-order valence-corrected chi connectivity index (χ0v) is 29.6. The average molecular weight is 673 g/mol. The molecule has 3 atom stereocenters. The van der Waals surface area contributed by atoms with E-state index in [4.69, 9.17) is 18.9 Å². The number of benzene rings is 2. The molecule has 1 aliphatic heterocycles. The van der Waals surface area contributed by atoms with Crippen LogP contribution in [0.4, 0.5) is 11.4 Å². The third-order valence-corrected chi connectivity index (χ3v) is 9.73. The molecule has 1 saturated heterocycles. The van der Waals surface area contributed by atoms with E-state index < -0.39 is 12.1 Å². The van der Waals surface area contributed by atoms with E-state index in [1.54, 1.807) is 40.6 Å². The number of hydrogen-bond acceptors (Lipinski definition) is 9. The minimum atomic E-state index is -0.607. The van der Waals surface area contributed by atoms with E-state index in [1.807, 2.05) is 55.1 Å². The molecule has 0 radical (unpaired) electrons. The zero-order chi connectivity index (χ0) is 35.2. The van der Waals surface area contributed by atoms with Gasteiger partial charge in [0.15, 0.2) is 11.5 Å². The molecule has 2 aliphatic rings. The molecule has 3 aromatic rings. The maximum Gasteiger partial charge on any atom is 0.245 e. The van der Waals surface area contributed by atoms with Crippen molar-refractivity contribution in [1.29, 1.82) is 0 Å². The fourth-order valence-corrected chi connectivity index (χ4v) is 6.85. The maximum absolute atomic E-state index is 14.1. The number of aryl methyl sites for hydroxylation is 1. The first-order valence-electron chi connectivity index (χ1n) is 16.9. The van der Waals surface area contributed by atoms with Gasteiger partial charge in [0, 0.05) is 44.4 Å². The van der Waals surface area contributed by atoms with Crippen LogP contribution in [0.5, 0.6) is 23.0 Å². The number of nitrogens with zero attached hydrogens (tertiary/aromatic N) is 2. The number of nitrogens with one attached hydrogen (secondary N) is 2. The average Bonchev–Trinajstić information content (AvgIpc) is 3.36. The predicted molar refractivity (Wildman–Crippen MR) is 191 cm³/mol. The van der Waals surface area contributed by atoms with Crippen LogP contribution in [0.15, 0.2) is 53.3 Å². The van der Waals surface area contributed by atoms with Crippen molar-refractivity contribution in [2.75, 3.05) is 64.8 Å². The van der Waals surface area contributed by atoms with Crippen molar-refractivity contribution in [3.63, 3.8) is 0 Å². The largest absolute Gasteiger partial charge is 0.497 e. The fraction of sp³-hybridized carbons (Fsp3) is 0.447. The molecular formula is C38H48N4O7. The summed E-state index contributed by atoms with van der Waals surface area (Å²) in [4.78, 5) is 44.6. The van der Waals surface area contributed by atoms with Crippen LogP contribution in [0, 0.1) is 5.92 Å². The molecule has 0 bridgehead atoms. The van der Waals surface area contributed by atoms with Crippen molar-refractivity contribution < 1.29 is 28.5 Å². The lowest BCUT2D eigenvalue weighted by molar-refractivity contribution is -0.133. The molecule has 3 aromatic carbocycles. The standard InChI is InChI=1S/C38H48N4O7/c1-8-23(2)35(38(45)42-19-17-41(18-20-42)26-10-12-27(46-4)13-11-26)40-31-16-14-28-29(22-32(31)44)30(39-24(3)43)15-9-25-21-33(47-5)36(48-6)37(49-7)34(25)28/h10-14,16,21-23,30,35H,8-9,15,17-20H2,1-7H3,(H,39,43)(H,40,44)/t23-,30+,35+/m0/s1. The van der Waals surface area contributed by atoms with Gasteiger partial charge in [-0.15, -0.1) is 0 Å². The van der Waals surface area contributed by atoms with E-state index >= 15 is 0 Å². The Kier molecular flexibility index (Phi) is 11.2. The quantitative estimate of drug-likeness (QED) is 0.289. The van der Waals surface area contributed by atoms with E-state index in [0.717, 1.165) is 34.5 Å². The summed E-state index contributed by atoms with van der Waals surface area (Å²) in [7, 11) is 6.35. The van der Waals surface area contributed by atoms with Gasteiger partial charge in [0.05, 0.1) is 40.2 Å². The summed E-state index contributed by atoms with van der Waals surface area (Å²) in [5.74, 6) is 1.99. The second-order valence-corrected chi connectivity index (χ2v) is 12.6. The van der Waals surface area contributed by atoms with Crippen LogP contribution < -0.4 is 39.9 Å². The smallest absolute Gasteiger partial charge is 0.245 e. The van der Waals surface area contributed by atoms with E-state index in [2.05, 4.69) is 15.5 Å². The summed E-state index contributed by atoms with van der Waals surface area (Å²) in [6.07, 6.45) is 1.90. The zero-order valence-electron chi connectivity index (χ0n) is 29.6. The van der Waals surface area contributed by atoms with Gasteiger partial charge in [0.2, 0.25) is 23.0 Å². The Balaban J connectivity index is 1.49. The van der Waals surface area contributed by atoms with Crippen LogP contribution in [0.1, 0.15) is 50.8 Å². The molecule has 2 N–H and O–H groups in total. The molecular weight excluding hydrogens is 624 g/mol. The van der Waals surface area contributed by atoms with Crippen LogP contribution >= 0.6 is 0 Å². The number of hydrogen-bond donors (Lipinski definition) is 2. The van der Waals surface area contributed by atoms with Crippen LogP contribution in [0.2, 0.25) is 0 Å². The van der Waals surface area contributed by atoms with Gasteiger partial charge in [0.1, 0.15) is 11.8 Å². The molecule has 1 heterocycles. The Bertz CT molecular complexity index is 1720. The van der Waals surface area contributed by atoms with Crippen molar-refractivity contribution >= 4 is 23.2 Å². The minimum absolute atomic E-state index is 0.0313. The summed E-state index contributed by atoms with van der Waals surface area (Å²) < 4.78 is 22.5. The van der Waals surface area contributed by atoms with Gasteiger partial charge in [0.25, 0.3) is 0 Å². The molecule has 1 aliphatic carbocycles. The summed E-state index contributed by atoms with van der Waals surface area (Å²) in [5.41, 5.74) is 4.24. The molecule has 0 spiro atoms. The van der Waals surface area contributed by atoms with Gasteiger partial charge >= 0.3 is 0 Å². The molecule has 49 heavy (non-hydrogen) atoms. The second kappa shape index (κ2) is 15.5. The monoisotopic (exact) mass is 672 g/mol. The lowest BCUT2D eigenvalue weighted by Gasteiger charge is -2.38. The Labute approximate surface area is 288 Å². The highest BCUT2D eigenvalue weighted by molar-refractivity contribution is 5.86. The first-order chi connectivity index (χ1) is 23.6. The minimum Gasteiger partial charge on any atom is -0.497 e. The predicted octanol–water partition coefficient (Wildman–Crippen LogP) is 5.05. The van der Waals surface area contributed by atoms with Gasteiger partial charge < -0.3 is 39.4 Å². The molecule has 0 aromatic heterocycles. The summed E-state index contributed by atoms with van der Waals surface area (Å²) in [6.45, 7) is 8.08. The SMILES string of the molecule is CC[C@H](C)[C@@H](Nc1ccc2c(cc1=O)[C@H](NC(C)=O)CCc1cc(OC)c(OC)c(OC)c1-2)C(=O)N1CCN(c2ccc(OC)cc2)CC1. The third-order valence-electron chi connectivity index (χ3n) is 9.73. The normalized spacial score (nSPS) is 16.7. The highest BCUT2D eigenvalue weighted by Gasteiger charge is 2.33. The van der Waals surface area contributed by atoms with Gasteiger partial charge in [-0.05, 0) is 77.9 Å². The lowest BCUT2D eigenvalue weighted by atomic mass is 9.95. The molecule has 1 fully saturated rings. The highest BCUT2D eigenvalue weighted by Crippen LogP contribution is 2.50. The number of ether oxygens (including phenoxy) is 4. The highest BCUT2D eigenvalue weighted by atomic mass is 16.5. The Morgan fingerprint density at radius 2 is 1.59 bits per heavy atom. The van der Waals surface area contributed by atoms with Crippen molar-refractivity contribution in [1.82, 2.24) is 10.2 Å². The van der Waals surface area contributed by atoms with E-state index in [-0.39, 0.29) is 23.2 Å². The fourth-order valence-electron chi connectivity index (χ4n) is 6.85. The number of carbonyl (C=O) groups is 2. The maximum atomic E-state index is 14.1. The van der Waals surface area contributed by atoms with E-state index in [1.165, 1.54) is 6.92 Å². The second-order valence-electron chi connectivity index (χ2n) is 12.6. The number of rotatable bonds is 11. The first-order valence-corrected chi connectivity index (χ1v) is 16.9. The third kappa shape index (κ3) is 7.40. The molecule has 5 rings (SSSR count). The molecule has 0 saturated carbocycles. The summed E-state index contributed by atoms with van der Waals surface area (Å²) in [5, 5.41) is 6.41. The van der Waals surface area contributed by atoms with E-state index in [0.29, 0.717) is 67.5 Å². The summed E-state index contributed by atoms with van der Waals surface area (Å²) >= 11 is 0. The summed E-state index contributed by atoms with van der Waals surface area (Å²) in [6, 6.07) is 14.0.